The van der Waals surface area contributed by atoms with E-state index in [4.69, 9.17) is 0 Å². The van der Waals surface area contributed by atoms with Gasteiger partial charge in [0.25, 0.3) is 0 Å². The number of rotatable bonds is 3. The first-order valence-corrected chi connectivity index (χ1v) is 8.64. The van der Waals surface area contributed by atoms with Gasteiger partial charge in [0.05, 0.1) is 11.8 Å². The minimum atomic E-state index is -0.463. The van der Waals surface area contributed by atoms with Crippen LogP contribution in [-0.2, 0) is 24.1 Å². The zero-order chi connectivity index (χ0) is 16.7. The van der Waals surface area contributed by atoms with E-state index in [0.717, 1.165) is 24.2 Å². The molecule has 1 amide bonds. The Morgan fingerprint density at radius 2 is 2.00 bits per heavy atom. The minimum Gasteiger partial charge on any atom is -0.391 e. The van der Waals surface area contributed by atoms with Crippen molar-refractivity contribution in [3.8, 4) is 0 Å². The molecule has 2 heterocycles. The Kier molecular flexibility index (Phi) is 3.88. The smallest absolute Gasteiger partial charge is 0.226 e. The molecule has 2 atom stereocenters. The molecule has 1 aliphatic heterocycles. The molecule has 0 saturated carbocycles. The summed E-state index contributed by atoms with van der Waals surface area (Å²) in [5.74, 6) is 0.285. The van der Waals surface area contributed by atoms with Gasteiger partial charge in [0.2, 0.25) is 5.91 Å². The van der Waals surface area contributed by atoms with Crippen molar-refractivity contribution in [2.24, 2.45) is 11.8 Å². The maximum Gasteiger partial charge on any atom is 0.226 e. The Morgan fingerprint density at radius 1 is 1.29 bits per heavy atom. The van der Waals surface area contributed by atoms with Crippen molar-refractivity contribution in [2.45, 2.75) is 32.3 Å². The maximum absolute atomic E-state index is 12.9. The van der Waals surface area contributed by atoms with E-state index in [-0.39, 0.29) is 17.7 Å². The van der Waals surface area contributed by atoms with Gasteiger partial charge in [-0.2, -0.15) is 5.10 Å². The van der Waals surface area contributed by atoms with Gasteiger partial charge in [-0.1, -0.05) is 24.3 Å². The lowest BCUT2D eigenvalue weighted by molar-refractivity contribution is -0.134. The number of β-amino-alcohol motifs (C(OH)–C–C–N with tert-alkyl or cyclic N) is 1. The van der Waals surface area contributed by atoms with Gasteiger partial charge in [-0.3, -0.25) is 9.89 Å². The van der Waals surface area contributed by atoms with E-state index in [0.29, 0.717) is 19.5 Å². The monoisotopic (exact) mass is 325 g/mol. The van der Waals surface area contributed by atoms with Gasteiger partial charge in [0, 0.05) is 30.6 Å². The standard InChI is InChI=1S/C19H23N3O2/c1-12-6-17(21-20-12)9-16-10-22(11-18(16)23)19(24)15-7-13-4-2-3-5-14(13)8-15/h2-6,15-16,18,23H,7-11H2,1H3,(H,20,21)/t16-,18-/m1/s1. The summed E-state index contributed by atoms with van der Waals surface area (Å²) in [6.45, 7) is 3.04. The molecule has 24 heavy (non-hydrogen) atoms. The molecule has 126 valence electrons. The molecule has 1 fully saturated rings. The summed E-state index contributed by atoms with van der Waals surface area (Å²) >= 11 is 0. The highest BCUT2D eigenvalue weighted by Gasteiger charge is 2.38. The second-order valence-electron chi connectivity index (χ2n) is 7.19. The summed E-state index contributed by atoms with van der Waals surface area (Å²) in [6, 6.07) is 10.3. The summed E-state index contributed by atoms with van der Waals surface area (Å²) in [5, 5.41) is 17.5. The average molecular weight is 325 g/mol. The largest absolute Gasteiger partial charge is 0.391 e. The Hall–Kier alpha value is -2.14. The van der Waals surface area contributed by atoms with E-state index in [1.54, 1.807) is 0 Å². The number of hydrogen-bond donors (Lipinski definition) is 2. The van der Waals surface area contributed by atoms with Crippen LogP contribution < -0.4 is 0 Å². The van der Waals surface area contributed by atoms with Crippen LogP contribution in [0.2, 0.25) is 0 Å². The highest BCUT2D eigenvalue weighted by molar-refractivity contribution is 5.80. The Labute approximate surface area is 141 Å². The lowest BCUT2D eigenvalue weighted by Crippen LogP contribution is -2.35. The number of likely N-dealkylation sites (tertiary alicyclic amines) is 1. The predicted octanol–water partition coefficient (Wildman–Crippen LogP) is 1.49. The molecule has 0 bridgehead atoms. The first-order chi connectivity index (χ1) is 11.6. The van der Waals surface area contributed by atoms with Crippen LogP contribution in [-0.4, -0.2) is 45.3 Å². The number of carbonyl (C=O) groups is 1. The third-order valence-corrected chi connectivity index (χ3v) is 5.35. The van der Waals surface area contributed by atoms with E-state index in [1.807, 2.05) is 30.0 Å². The molecule has 2 N–H and O–H groups in total. The number of benzene rings is 1. The number of nitrogens with zero attached hydrogens (tertiary/aromatic N) is 2. The van der Waals surface area contributed by atoms with Crippen LogP contribution in [0.4, 0.5) is 0 Å². The number of aromatic nitrogens is 2. The van der Waals surface area contributed by atoms with Crippen molar-refractivity contribution in [1.29, 1.82) is 0 Å². The molecule has 2 aromatic rings. The Bertz CT molecular complexity index is 730. The van der Waals surface area contributed by atoms with Crippen LogP contribution in [0.3, 0.4) is 0 Å². The Balaban J connectivity index is 1.40. The molecular weight excluding hydrogens is 302 g/mol. The number of H-pyrrole nitrogens is 1. The van der Waals surface area contributed by atoms with Crippen LogP contribution in [0.15, 0.2) is 30.3 Å². The van der Waals surface area contributed by atoms with E-state index in [1.165, 1.54) is 11.1 Å². The molecule has 0 radical (unpaired) electrons. The fraction of sp³-hybridized carbons (Fsp3) is 0.474. The fourth-order valence-corrected chi connectivity index (χ4v) is 4.07. The first kappa shape index (κ1) is 15.4. The molecule has 0 unspecified atom stereocenters. The summed E-state index contributed by atoms with van der Waals surface area (Å²) in [7, 11) is 0. The molecule has 1 saturated heterocycles. The lowest BCUT2D eigenvalue weighted by atomic mass is 10.00. The molecule has 0 spiro atoms. The number of nitrogens with one attached hydrogen (secondary N) is 1. The van der Waals surface area contributed by atoms with E-state index >= 15 is 0 Å². The summed E-state index contributed by atoms with van der Waals surface area (Å²) in [4.78, 5) is 14.7. The quantitative estimate of drug-likeness (QED) is 0.898. The minimum absolute atomic E-state index is 0.0287. The van der Waals surface area contributed by atoms with Gasteiger partial charge < -0.3 is 10.0 Å². The Morgan fingerprint density at radius 3 is 2.62 bits per heavy atom. The van der Waals surface area contributed by atoms with Crippen molar-refractivity contribution in [2.75, 3.05) is 13.1 Å². The second kappa shape index (κ2) is 6.06. The number of hydrogen-bond acceptors (Lipinski definition) is 3. The van der Waals surface area contributed by atoms with Crippen molar-refractivity contribution < 1.29 is 9.90 Å². The average Bonchev–Trinajstić information content (AvgIpc) is 3.26. The topological polar surface area (TPSA) is 69.2 Å². The van der Waals surface area contributed by atoms with Gasteiger partial charge in [-0.25, -0.2) is 0 Å². The molecular formula is C19H23N3O2. The molecule has 1 aromatic carbocycles. The zero-order valence-corrected chi connectivity index (χ0v) is 13.9. The van der Waals surface area contributed by atoms with Gasteiger partial charge in [0.1, 0.15) is 0 Å². The number of fused-ring (bicyclic) bond motifs is 1. The summed E-state index contributed by atoms with van der Waals surface area (Å²) < 4.78 is 0. The van der Waals surface area contributed by atoms with Crippen LogP contribution >= 0.6 is 0 Å². The van der Waals surface area contributed by atoms with Crippen LogP contribution in [0.5, 0.6) is 0 Å². The first-order valence-electron chi connectivity index (χ1n) is 8.64. The number of aliphatic hydroxyl groups is 1. The van der Waals surface area contributed by atoms with E-state index < -0.39 is 6.10 Å². The fourth-order valence-electron chi connectivity index (χ4n) is 4.07. The third-order valence-electron chi connectivity index (χ3n) is 5.35. The van der Waals surface area contributed by atoms with Crippen LogP contribution in [0.1, 0.15) is 22.5 Å². The van der Waals surface area contributed by atoms with Crippen LogP contribution in [0.25, 0.3) is 0 Å². The lowest BCUT2D eigenvalue weighted by Gasteiger charge is -2.20. The van der Waals surface area contributed by atoms with Crippen molar-refractivity contribution in [1.82, 2.24) is 15.1 Å². The van der Waals surface area contributed by atoms with Crippen molar-refractivity contribution in [3.63, 3.8) is 0 Å². The predicted molar refractivity (Wildman–Crippen MR) is 90.4 cm³/mol. The summed E-state index contributed by atoms with van der Waals surface area (Å²) in [6.07, 6.45) is 1.89. The van der Waals surface area contributed by atoms with Gasteiger partial charge in [-0.05, 0) is 43.4 Å². The molecule has 1 aliphatic carbocycles. The highest BCUT2D eigenvalue weighted by atomic mass is 16.3. The maximum atomic E-state index is 12.9. The van der Waals surface area contributed by atoms with Crippen molar-refractivity contribution in [3.05, 3.63) is 52.8 Å². The van der Waals surface area contributed by atoms with Crippen molar-refractivity contribution >= 4 is 5.91 Å². The SMILES string of the molecule is Cc1cc(C[C@@H]2CN(C(=O)C3Cc4ccccc4C3)C[C@H]2O)n[nH]1. The molecule has 1 aromatic heterocycles. The zero-order valence-electron chi connectivity index (χ0n) is 13.9. The van der Waals surface area contributed by atoms with E-state index in [2.05, 4.69) is 22.3 Å². The number of amides is 1. The normalized spacial score (nSPS) is 23.7. The molecule has 2 aliphatic rings. The van der Waals surface area contributed by atoms with Crippen LogP contribution in [0, 0.1) is 18.8 Å². The summed E-state index contributed by atoms with van der Waals surface area (Å²) in [5.41, 5.74) is 4.56. The molecule has 5 nitrogen and oxygen atoms in total. The van der Waals surface area contributed by atoms with E-state index in [9.17, 15) is 9.90 Å². The van der Waals surface area contributed by atoms with Gasteiger partial charge in [0.15, 0.2) is 0 Å². The third kappa shape index (κ3) is 2.84. The second-order valence-corrected chi connectivity index (χ2v) is 7.19. The van der Waals surface area contributed by atoms with Gasteiger partial charge >= 0.3 is 0 Å². The number of aryl methyl sites for hydroxylation is 1. The number of aromatic amines is 1. The van der Waals surface area contributed by atoms with Gasteiger partial charge in [-0.15, -0.1) is 0 Å². The number of aliphatic hydroxyl groups excluding tert-OH is 1. The molecule has 5 heteroatoms. The highest BCUT2D eigenvalue weighted by Crippen LogP contribution is 2.30. The number of carbonyl (C=O) groups excluding carboxylic acids is 1. The molecule has 4 rings (SSSR count).